The minimum absolute atomic E-state index is 0.307. The number of anilines is 1. The van der Waals surface area contributed by atoms with Gasteiger partial charge in [0.25, 0.3) is 5.91 Å². The first kappa shape index (κ1) is 13.4. The van der Waals surface area contributed by atoms with Gasteiger partial charge in [0.05, 0.1) is 10.7 Å². The predicted octanol–water partition coefficient (Wildman–Crippen LogP) is 2.90. The van der Waals surface area contributed by atoms with E-state index in [9.17, 15) is 9.90 Å². The molecule has 1 aromatic carbocycles. The molecule has 0 fully saturated rings. The van der Waals surface area contributed by atoms with Crippen molar-refractivity contribution in [1.82, 2.24) is 4.98 Å². The zero-order chi connectivity index (χ0) is 14.3. The lowest BCUT2D eigenvalue weighted by molar-refractivity contribution is -0.125. The van der Waals surface area contributed by atoms with Crippen molar-refractivity contribution < 1.29 is 9.90 Å². The molecule has 1 amide bonds. The SMILES string of the molecule is CN1C(=O)C(O)c2ccc(Sc3ncccc3Cl)cc21. The zero-order valence-electron chi connectivity index (χ0n) is 10.6. The highest BCUT2D eigenvalue weighted by Crippen LogP contribution is 2.39. The van der Waals surface area contributed by atoms with Gasteiger partial charge in [-0.1, -0.05) is 29.4 Å². The molecule has 1 aromatic heterocycles. The zero-order valence-corrected chi connectivity index (χ0v) is 12.1. The van der Waals surface area contributed by atoms with E-state index in [0.717, 1.165) is 10.6 Å². The molecule has 3 rings (SSSR count). The van der Waals surface area contributed by atoms with Crippen LogP contribution < -0.4 is 4.90 Å². The number of hydrogen-bond donors (Lipinski definition) is 1. The Bertz CT molecular complexity index is 693. The van der Waals surface area contributed by atoms with Gasteiger partial charge in [0.15, 0.2) is 6.10 Å². The lowest BCUT2D eigenvalue weighted by Crippen LogP contribution is -2.23. The average Bonchev–Trinajstić information content (AvgIpc) is 2.66. The van der Waals surface area contributed by atoms with Gasteiger partial charge in [-0.2, -0.15) is 0 Å². The van der Waals surface area contributed by atoms with Gasteiger partial charge in [0, 0.05) is 23.7 Å². The van der Waals surface area contributed by atoms with E-state index in [4.69, 9.17) is 11.6 Å². The van der Waals surface area contributed by atoms with Crippen LogP contribution in [0.25, 0.3) is 0 Å². The predicted molar refractivity (Wildman–Crippen MR) is 78.2 cm³/mol. The highest BCUT2D eigenvalue weighted by atomic mass is 35.5. The minimum Gasteiger partial charge on any atom is -0.378 e. The van der Waals surface area contributed by atoms with Crippen molar-refractivity contribution in [2.45, 2.75) is 16.0 Å². The first-order valence-corrected chi connectivity index (χ1v) is 7.15. The highest BCUT2D eigenvalue weighted by molar-refractivity contribution is 7.99. The van der Waals surface area contributed by atoms with Crippen molar-refractivity contribution >= 4 is 35.0 Å². The second-order valence-electron chi connectivity index (χ2n) is 4.41. The molecule has 1 aliphatic rings. The summed E-state index contributed by atoms with van der Waals surface area (Å²) in [4.78, 5) is 18.3. The Morgan fingerprint density at radius 1 is 1.40 bits per heavy atom. The summed E-state index contributed by atoms with van der Waals surface area (Å²) in [6.07, 6.45) is 0.619. The monoisotopic (exact) mass is 306 g/mol. The van der Waals surface area contributed by atoms with Gasteiger partial charge in [0.1, 0.15) is 5.03 Å². The normalized spacial score (nSPS) is 17.4. The number of aliphatic hydroxyl groups is 1. The van der Waals surface area contributed by atoms with E-state index < -0.39 is 6.10 Å². The van der Waals surface area contributed by atoms with E-state index in [0.29, 0.717) is 15.6 Å². The number of carbonyl (C=O) groups excluding carboxylic acids is 1. The Kier molecular flexibility index (Phi) is 3.41. The van der Waals surface area contributed by atoms with E-state index >= 15 is 0 Å². The van der Waals surface area contributed by atoms with Crippen LogP contribution in [-0.4, -0.2) is 23.0 Å². The summed E-state index contributed by atoms with van der Waals surface area (Å²) in [5.41, 5.74) is 1.36. The van der Waals surface area contributed by atoms with Crippen LogP contribution in [0.3, 0.4) is 0 Å². The van der Waals surface area contributed by atoms with Crippen LogP contribution in [0.4, 0.5) is 5.69 Å². The van der Waals surface area contributed by atoms with E-state index in [2.05, 4.69) is 4.98 Å². The third-order valence-electron chi connectivity index (χ3n) is 3.16. The first-order valence-electron chi connectivity index (χ1n) is 5.96. The van der Waals surface area contributed by atoms with Crippen LogP contribution >= 0.6 is 23.4 Å². The number of aliphatic hydroxyl groups excluding tert-OH is 1. The number of amides is 1. The molecule has 6 heteroatoms. The van der Waals surface area contributed by atoms with E-state index in [-0.39, 0.29) is 5.91 Å². The molecule has 0 spiro atoms. The summed E-state index contributed by atoms with van der Waals surface area (Å²) < 4.78 is 0. The number of halogens is 1. The quantitative estimate of drug-likeness (QED) is 0.927. The topological polar surface area (TPSA) is 53.4 Å². The Hall–Kier alpha value is -1.56. The van der Waals surface area contributed by atoms with Crippen LogP contribution in [0.5, 0.6) is 0 Å². The maximum Gasteiger partial charge on any atom is 0.260 e. The van der Waals surface area contributed by atoms with E-state index in [1.807, 2.05) is 12.1 Å². The van der Waals surface area contributed by atoms with Crippen molar-refractivity contribution in [2.75, 3.05) is 11.9 Å². The fraction of sp³-hybridized carbons (Fsp3) is 0.143. The number of hydrogen-bond acceptors (Lipinski definition) is 4. The summed E-state index contributed by atoms with van der Waals surface area (Å²) in [5, 5.41) is 11.1. The number of pyridine rings is 1. The maximum absolute atomic E-state index is 11.7. The van der Waals surface area contributed by atoms with Crippen molar-refractivity contribution in [3.8, 4) is 0 Å². The lowest BCUT2D eigenvalue weighted by atomic mass is 10.1. The van der Waals surface area contributed by atoms with Crippen LogP contribution in [0, 0.1) is 0 Å². The Morgan fingerprint density at radius 2 is 2.20 bits per heavy atom. The largest absolute Gasteiger partial charge is 0.378 e. The molecule has 1 unspecified atom stereocenters. The first-order chi connectivity index (χ1) is 9.58. The van der Waals surface area contributed by atoms with E-state index in [1.54, 1.807) is 31.4 Å². The van der Waals surface area contributed by atoms with E-state index in [1.165, 1.54) is 16.7 Å². The molecule has 0 saturated heterocycles. The average molecular weight is 307 g/mol. The molecule has 0 aliphatic carbocycles. The standard InChI is InChI=1S/C14H11ClN2O2S/c1-17-11-7-8(4-5-9(11)12(18)14(17)19)20-13-10(15)3-2-6-16-13/h2-7,12,18H,1H3. The van der Waals surface area contributed by atoms with Gasteiger partial charge in [-0.05, 0) is 24.3 Å². The molecule has 1 atom stereocenters. The Balaban J connectivity index is 1.95. The van der Waals surface area contributed by atoms with Crippen LogP contribution in [-0.2, 0) is 4.79 Å². The summed E-state index contributed by atoms with van der Waals surface area (Å²) in [6, 6.07) is 9.03. The molecule has 2 heterocycles. The molecule has 4 nitrogen and oxygen atoms in total. The highest BCUT2D eigenvalue weighted by Gasteiger charge is 2.33. The second kappa shape index (κ2) is 5.09. The third kappa shape index (κ3) is 2.18. The number of rotatable bonds is 2. The summed E-state index contributed by atoms with van der Waals surface area (Å²) >= 11 is 7.50. The molecular weight excluding hydrogens is 296 g/mol. The summed E-state index contributed by atoms with van der Waals surface area (Å²) in [6.45, 7) is 0. The number of carbonyl (C=O) groups is 1. The van der Waals surface area contributed by atoms with Crippen molar-refractivity contribution in [2.24, 2.45) is 0 Å². The van der Waals surface area contributed by atoms with Gasteiger partial charge in [-0.15, -0.1) is 0 Å². The molecule has 0 saturated carbocycles. The molecule has 0 bridgehead atoms. The molecule has 102 valence electrons. The van der Waals surface area contributed by atoms with Crippen LogP contribution in [0.2, 0.25) is 5.02 Å². The second-order valence-corrected chi connectivity index (χ2v) is 5.88. The van der Waals surface area contributed by atoms with Gasteiger partial charge in [-0.25, -0.2) is 4.98 Å². The smallest absolute Gasteiger partial charge is 0.260 e. The molecule has 1 N–H and O–H groups in total. The Labute approximate surface area is 125 Å². The third-order valence-corrected chi connectivity index (χ3v) is 4.59. The molecular formula is C14H11ClN2O2S. The minimum atomic E-state index is -1.06. The van der Waals surface area contributed by atoms with Crippen molar-refractivity contribution in [1.29, 1.82) is 0 Å². The van der Waals surface area contributed by atoms with Gasteiger partial charge < -0.3 is 10.0 Å². The molecule has 2 aromatic rings. The van der Waals surface area contributed by atoms with Gasteiger partial charge in [0.2, 0.25) is 0 Å². The Morgan fingerprint density at radius 3 is 2.95 bits per heavy atom. The number of fused-ring (bicyclic) bond motifs is 1. The summed E-state index contributed by atoms with van der Waals surface area (Å²) in [5.74, 6) is -0.307. The number of likely N-dealkylation sites (N-methyl/N-ethyl adjacent to an activating group) is 1. The molecule has 20 heavy (non-hydrogen) atoms. The fourth-order valence-electron chi connectivity index (χ4n) is 2.10. The molecule has 1 aliphatic heterocycles. The maximum atomic E-state index is 11.7. The molecule has 0 radical (unpaired) electrons. The fourth-order valence-corrected chi connectivity index (χ4v) is 3.15. The number of aromatic nitrogens is 1. The van der Waals surface area contributed by atoms with Gasteiger partial charge >= 0.3 is 0 Å². The lowest BCUT2D eigenvalue weighted by Gasteiger charge is -2.11. The number of nitrogens with zero attached hydrogens (tertiary/aromatic N) is 2. The number of benzene rings is 1. The van der Waals surface area contributed by atoms with Crippen molar-refractivity contribution in [3.63, 3.8) is 0 Å². The van der Waals surface area contributed by atoms with Crippen LogP contribution in [0.1, 0.15) is 11.7 Å². The van der Waals surface area contributed by atoms with Crippen molar-refractivity contribution in [3.05, 3.63) is 47.1 Å². The van der Waals surface area contributed by atoms with Crippen LogP contribution in [0.15, 0.2) is 46.5 Å². The van der Waals surface area contributed by atoms with Gasteiger partial charge in [-0.3, -0.25) is 4.79 Å². The summed E-state index contributed by atoms with van der Waals surface area (Å²) in [7, 11) is 1.65.